The predicted molar refractivity (Wildman–Crippen MR) is 105 cm³/mol. The Balaban J connectivity index is 0.000000396. The number of rotatable bonds is 4. The van der Waals surface area contributed by atoms with Crippen LogP contribution in [-0.4, -0.2) is 83.0 Å². The largest absolute Gasteiger partial charge is 0.490 e. The zero-order chi connectivity index (χ0) is 22.5. The van der Waals surface area contributed by atoms with Crippen molar-refractivity contribution in [3.05, 3.63) is 22.4 Å². The minimum absolute atomic E-state index is 0.0142. The molecule has 2 aliphatic heterocycles. The minimum Gasteiger partial charge on any atom is -0.475 e. The third-order valence-corrected chi connectivity index (χ3v) is 6.22. The molecule has 168 valence electrons. The van der Waals surface area contributed by atoms with Crippen LogP contribution in [0.3, 0.4) is 0 Å². The molecule has 0 radical (unpaired) electrons. The fourth-order valence-corrected chi connectivity index (χ4v) is 4.35. The summed E-state index contributed by atoms with van der Waals surface area (Å²) in [6.45, 7) is 3.21. The molecule has 1 N–H and O–H groups in total. The van der Waals surface area contributed by atoms with Gasteiger partial charge in [0.1, 0.15) is 6.54 Å². The van der Waals surface area contributed by atoms with Crippen LogP contribution in [0.25, 0.3) is 0 Å². The first-order valence-electron chi connectivity index (χ1n) is 9.49. The Morgan fingerprint density at radius 1 is 1.23 bits per heavy atom. The lowest BCUT2D eigenvalue weighted by molar-refractivity contribution is -0.192. The van der Waals surface area contributed by atoms with Gasteiger partial charge in [0.05, 0.1) is 0 Å². The number of carboxylic acids is 1. The highest BCUT2D eigenvalue weighted by Crippen LogP contribution is 2.39. The topological polar surface area (TPSA) is 81.2 Å². The zero-order valence-corrected chi connectivity index (χ0v) is 17.8. The zero-order valence-electron chi connectivity index (χ0n) is 16.9. The number of hydrogen-bond acceptors (Lipinski definition) is 5. The third kappa shape index (κ3) is 6.18. The molecule has 11 heteroatoms. The first-order valence-corrected chi connectivity index (χ1v) is 10.4. The summed E-state index contributed by atoms with van der Waals surface area (Å²) < 4.78 is 31.7. The molecule has 2 saturated heterocycles. The predicted octanol–water partition coefficient (Wildman–Crippen LogP) is 2.43. The highest BCUT2D eigenvalue weighted by atomic mass is 32.1. The lowest BCUT2D eigenvalue weighted by Gasteiger charge is -2.45. The van der Waals surface area contributed by atoms with Gasteiger partial charge in [-0.05, 0) is 41.7 Å². The number of aliphatic carboxylic acids is 1. The molecule has 0 aliphatic carbocycles. The van der Waals surface area contributed by atoms with E-state index in [1.165, 1.54) is 5.56 Å². The number of carbonyl (C=O) groups is 3. The molecule has 1 aromatic heterocycles. The van der Waals surface area contributed by atoms with Crippen LogP contribution in [0.4, 0.5) is 13.2 Å². The summed E-state index contributed by atoms with van der Waals surface area (Å²) >= 11 is 1.74. The molecule has 0 bridgehead atoms. The summed E-state index contributed by atoms with van der Waals surface area (Å²) in [7, 11) is 3.50. The Bertz CT molecular complexity index is 745. The highest BCUT2D eigenvalue weighted by molar-refractivity contribution is 7.07. The average molecular weight is 449 g/mol. The molecule has 0 unspecified atom stereocenters. The molecule has 2 aliphatic rings. The number of nitrogens with zero attached hydrogens (tertiary/aromatic N) is 3. The Morgan fingerprint density at radius 3 is 2.30 bits per heavy atom. The lowest BCUT2D eigenvalue weighted by Crippen LogP contribution is -2.55. The van der Waals surface area contributed by atoms with Gasteiger partial charge in [0.15, 0.2) is 0 Å². The van der Waals surface area contributed by atoms with Crippen LogP contribution < -0.4 is 0 Å². The molecule has 0 saturated carbocycles. The molecule has 1 aromatic rings. The summed E-state index contributed by atoms with van der Waals surface area (Å²) in [5.41, 5.74) is 1.28. The van der Waals surface area contributed by atoms with E-state index >= 15 is 0 Å². The van der Waals surface area contributed by atoms with Crippen molar-refractivity contribution in [2.75, 3.05) is 33.7 Å². The van der Waals surface area contributed by atoms with Crippen molar-refractivity contribution in [3.63, 3.8) is 0 Å². The molecule has 3 rings (SSSR count). The molecular weight excluding hydrogens is 423 g/mol. The molecule has 2 amide bonds. The van der Waals surface area contributed by atoms with Crippen LogP contribution >= 0.6 is 11.3 Å². The first-order chi connectivity index (χ1) is 13.9. The monoisotopic (exact) mass is 449 g/mol. The van der Waals surface area contributed by atoms with E-state index in [-0.39, 0.29) is 23.9 Å². The maximum absolute atomic E-state index is 12.3. The van der Waals surface area contributed by atoms with E-state index in [2.05, 4.69) is 21.7 Å². The number of carbonyl (C=O) groups excluding carboxylic acids is 2. The number of carboxylic acid groups (broad SMARTS) is 1. The average Bonchev–Trinajstić information content (AvgIpc) is 3.27. The van der Waals surface area contributed by atoms with Crippen molar-refractivity contribution >= 4 is 29.1 Å². The van der Waals surface area contributed by atoms with Crippen molar-refractivity contribution in [2.24, 2.45) is 0 Å². The molecular formula is C19H26F3N3O4S. The number of likely N-dealkylation sites (N-methyl/N-ethyl adjacent to an activating group) is 1. The van der Waals surface area contributed by atoms with Gasteiger partial charge >= 0.3 is 12.1 Å². The smallest absolute Gasteiger partial charge is 0.475 e. The van der Waals surface area contributed by atoms with Crippen LogP contribution in [0.2, 0.25) is 0 Å². The Kier molecular flexibility index (Phi) is 7.87. The van der Waals surface area contributed by atoms with Gasteiger partial charge in [-0.1, -0.05) is 0 Å². The fraction of sp³-hybridized carbons (Fsp3) is 0.632. The second-order valence-electron chi connectivity index (χ2n) is 7.70. The summed E-state index contributed by atoms with van der Waals surface area (Å²) in [6.07, 6.45) is -1.64. The first kappa shape index (κ1) is 24.1. The number of hydrogen-bond donors (Lipinski definition) is 1. The van der Waals surface area contributed by atoms with Crippen molar-refractivity contribution in [1.29, 1.82) is 0 Å². The number of halogens is 3. The van der Waals surface area contributed by atoms with E-state index in [4.69, 9.17) is 9.90 Å². The van der Waals surface area contributed by atoms with Crippen molar-refractivity contribution < 1.29 is 32.7 Å². The van der Waals surface area contributed by atoms with Crippen LogP contribution in [0.15, 0.2) is 16.8 Å². The maximum atomic E-state index is 12.3. The van der Waals surface area contributed by atoms with Gasteiger partial charge in [-0.15, -0.1) is 0 Å². The molecule has 30 heavy (non-hydrogen) atoms. The van der Waals surface area contributed by atoms with E-state index in [1.807, 2.05) is 4.90 Å². The molecule has 0 aromatic carbocycles. The lowest BCUT2D eigenvalue weighted by atomic mass is 9.85. The third-order valence-electron chi connectivity index (χ3n) is 5.49. The molecule has 3 heterocycles. The van der Waals surface area contributed by atoms with Crippen molar-refractivity contribution in [1.82, 2.24) is 14.7 Å². The molecule has 7 nitrogen and oxygen atoms in total. The van der Waals surface area contributed by atoms with Crippen LogP contribution in [-0.2, 0) is 20.9 Å². The van der Waals surface area contributed by atoms with Gasteiger partial charge in [0.2, 0.25) is 11.8 Å². The van der Waals surface area contributed by atoms with Gasteiger partial charge in [0.25, 0.3) is 0 Å². The summed E-state index contributed by atoms with van der Waals surface area (Å²) in [6, 6.07) is 2.18. The second-order valence-corrected chi connectivity index (χ2v) is 8.48. The molecule has 1 spiro atoms. The Hall–Kier alpha value is -2.14. The fourth-order valence-electron chi connectivity index (χ4n) is 3.69. The maximum Gasteiger partial charge on any atom is 0.490 e. The van der Waals surface area contributed by atoms with Gasteiger partial charge in [0, 0.05) is 45.7 Å². The number of alkyl halides is 3. The van der Waals surface area contributed by atoms with Gasteiger partial charge in [-0.2, -0.15) is 24.5 Å². The van der Waals surface area contributed by atoms with E-state index in [9.17, 15) is 22.8 Å². The normalized spacial score (nSPS) is 18.8. The SMILES string of the molecule is CN(C)C(=O)CN1C(=O)CCC12CCN(Cc1ccsc1)CC2.O=C(O)C(F)(F)F. The van der Waals surface area contributed by atoms with Crippen LogP contribution in [0, 0.1) is 0 Å². The summed E-state index contributed by atoms with van der Waals surface area (Å²) in [4.78, 5) is 39.2. The Labute approximate surface area is 177 Å². The summed E-state index contributed by atoms with van der Waals surface area (Å²) in [5.74, 6) is -2.60. The quantitative estimate of drug-likeness (QED) is 0.764. The second kappa shape index (κ2) is 9.78. The molecule has 2 fully saturated rings. The van der Waals surface area contributed by atoms with Crippen molar-refractivity contribution in [3.8, 4) is 0 Å². The van der Waals surface area contributed by atoms with E-state index in [1.54, 1.807) is 30.3 Å². The summed E-state index contributed by atoms with van der Waals surface area (Å²) in [5, 5.41) is 11.4. The van der Waals surface area contributed by atoms with E-state index < -0.39 is 12.1 Å². The highest BCUT2D eigenvalue weighted by Gasteiger charge is 2.47. The van der Waals surface area contributed by atoms with Crippen molar-refractivity contribution in [2.45, 2.75) is 43.9 Å². The Morgan fingerprint density at radius 2 is 1.83 bits per heavy atom. The number of piperidine rings is 1. The van der Waals surface area contributed by atoms with Crippen LogP contribution in [0.5, 0.6) is 0 Å². The number of amides is 2. The van der Waals surface area contributed by atoms with E-state index in [0.717, 1.165) is 38.9 Å². The van der Waals surface area contributed by atoms with E-state index in [0.29, 0.717) is 6.42 Å². The number of likely N-dealkylation sites (tertiary alicyclic amines) is 2. The number of thiophene rings is 1. The minimum atomic E-state index is -5.08. The van der Waals surface area contributed by atoms with Gasteiger partial charge < -0.3 is 14.9 Å². The molecule has 0 atom stereocenters. The standard InChI is InChI=1S/C17H25N3O2S.C2HF3O2/c1-18(2)16(22)12-20-15(21)3-5-17(20)6-8-19(9-7-17)11-14-4-10-23-13-14;3-2(4,5)1(6)7/h4,10,13H,3,5-9,11-12H2,1-2H3;(H,6,7). The van der Waals surface area contributed by atoms with Gasteiger partial charge in [-0.3, -0.25) is 14.5 Å². The van der Waals surface area contributed by atoms with Gasteiger partial charge in [-0.25, -0.2) is 4.79 Å². The van der Waals surface area contributed by atoms with Crippen LogP contribution in [0.1, 0.15) is 31.2 Å².